The summed E-state index contributed by atoms with van der Waals surface area (Å²) in [6, 6.07) is 5.41. The van der Waals surface area contributed by atoms with Gasteiger partial charge in [-0.1, -0.05) is 20.3 Å². The van der Waals surface area contributed by atoms with E-state index >= 15 is 0 Å². The maximum atomic E-state index is 12.3. The van der Waals surface area contributed by atoms with Crippen molar-refractivity contribution in [1.82, 2.24) is 9.55 Å². The molecule has 0 aliphatic carbocycles. The summed E-state index contributed by atoms with van der Waals surface area (Å²) in [5.74, 6) is 0.929. The second-order valence-corrected chi connectivity index (χ2v) is 6.30. The zero-order chi connectivity index (χ0) is 20.7. The molecular formula is C20H27N3O5. The van der Waals surface area contributed by atoms with Gasteiger partial charge in [0.25, 0.3) is 5.56 Å². The number of aromatic amines is 1. The van der Waals surface area contributed by atoms with Gasteiger partial charge in [-0.05, 0) is 30.5 Å². The first-order chi connectivity index (χ1) is 13.4. The predicted octanol–water partition coefficient (Wildman–Crippen LogP) is 2.46. The highest BCUT2D eigenvalue weighted by atomic mass is 16.5. The fourth-order valence-electron chi connectivity index (χ4n) is 2.86. The van der Waals surface area contributed by atoms with Crippen LogP contribution in [0.1, 0.15) is 44.2 Å². The summed E-state index contributed by atoms with van der Waals surface area (Å²) < 4.78 is 11.7. The Hall–Kier alpha value is -3.03. The van der Waals surface area contributed by atoms with E-state index in [-0.39, 0.29) is 18.0 Å². The Labute approximate surface area is 163 Å². The van der Waals surface area contributed by atoms with Crippen molar-refractivity contribution in [2.45, 2.75) is 46.2 Å². The second kappa shape index (κ2) is 9.77. The average Bonchev–Trinajstić information content (AvgIpc) is 2.69. The molecule has 1 aromatic carbocycles. The number of H-pyrrole nitrogens is 1. The van der Waals surface area contributed by atoms with Crippen molar-refractivity contribution in [3.63, 3.8) is 0 Å². The van der Waals surface area contributed by atoms with Crippen molar-refractivity contribution in [3.05, 3.63) is 50.2 Å². The maximum Gasteiger partial charge on any atom is 0.331 e. The number of aliphatic imine (C=N–C) groups is 1. The van der Waals surface area contributed by atoms with E-state index in [1.165, 1.54) is 4.57 Å². The number of nitrogens with zero attached hydrogens (tertiary/aromatic N) is 2. The molecule has 0 saturated heterocycles. The first-order valence-electron chi connectivity index (χ1n) is 9.26. The van der Waals surface area contributed by atoms with Crippen molar-refractivity contribution in [1.29, 1.82) is 0 Å². The molecule has 0 atom stereocenters. The summed E-state index contributed by atoms with van der Waals surface area (Å²) in [4.78, 5) is 31.2. The van der Waals surface area contributed by atoms with Crippen molar-refractivity contribution in [2.24, 2.45) is 4.99 Å². The van der Waals surface area contributed by atoms with E-state index in [1.807, 2.05) is 26.0 Å². The normalized spacial score (nSPS) is 11.5. The summed E-state index contributed by atoms with van der Waals surface area (Å²) in [6.07, 6.45) is 1.98. The van der Waals surface area contributed by atoms with E-state index in [9.17, 15) is 14.7 Å². The molecule has 0 aliphatic rings. The average molecular weight is 389 g/mol. The van der Waals surface area contributed by atoms with Gasteiger partial charge in [0.2, 0.25) is 5.88 Å². The summed E-state index contributed by atoms with van der Waals surface area (Å²) in [7, 11) is 3.13. The molecule has 0 radical (unpaired) electrons. The van der Waals surface area contributed by atoms with E-state index < -0.39 is 11.2 Å². The quantitative estimate of drug-likeness (QED) is 0.641. The Morgan fingerprint density at radius 1 is 1.14 bits per heavy atom. The van der Waals surface area contributed by atoms with Crippen LogP contribution in [0.4, 0.5) is 0 Å². The van der Waals surface area contributed by atoms with Crippen molar-refractivity contribution in [2.75, 3.05) is 14.2 Å². The van der Waals surface area contributed by atoms with Crippen LogP contribution in [0.2, 0.25) is 0 Å². The van der Waals surface area contributed by atoms with Crippen LogP contribution in [-0.4, -0.2) is 34.6 Å². The van der Waals surface area contributed by atoms with Gasteiger partial charge in [0.15, 0.2) is 0 Å². The summed E-state index contributed by atoms with van der Waals surface area (Å²) in [5.41, 5.74) is 0.0305. The molecule has 2 N–H and O–H groups in total. The SMILES string of the molecule is CCCCn1c(O)c(C(CC)=NCc2cc(OC)cc(OC)c2)c(=O)[nH]c1=O. The highest BCUT2D eigenvalue weighted by Gasteiger charge is 2.18. The fraction of sp³-hybridized carbons (Fsp3) is 0.450. The number of methoxy groups -OCH3 is 2. The molecule has 1 heterocycles. The first-order valence-corrected chi connectivity index (χ1v) is 9.26. The van der Waals surface area contributed by atoms with Crippen molar-refractivity contribution >= 4 is 5.71 Å². The number of ether oxygens (including phenoxy) is 2. The Bertz CT molecular complexity index is 937. The molecule has 0 amide bonds. The van der Waals surface area contributed by atoms with Crippen LogP contribution in [0.5, 0.6) is 17.4 Å². The van der Waals surface area contributed by atoms with E-state index in [0.717, 1.165) is 12.0 Å². The lowest BCUT2D eigenvalue weighted by atomic mass is 10.1. The van der Waals surface area contributed by atoms with Gasteiger partial charge in [0, 0.05) is 12.6 Å². The third kappa shape index (κ3) is 4.82. The van der Waals surface area contributed by atoms with E-state index in [1.54, 1.807) is 20.3 Å². The third-order valence-electron chi connectivity index (χ3n) is 4.39. The first kappa shape index (κ1) is 21.3. The van der Waals surface area contributed by atoms with Gasteiger partial charge in [-0.3, -0.25) is 19.3 Å². The van der Waals surface area contributed by atoms with Gasteiger partial charge in [-0.25, -0.2) is 4.79 Å². The minimum atomic E-state index is -0.640. The number of aromatic hydroxyl groups is 1. The lowest BCUT2D eigenvalue weighted by molar-refractivity contribution is 0.393. The van der Waals surface area contributed by atoms with Crippen molar-refractivity contribution < 1.29 is 14.6 Å². The van der Waals surface area contributed by atoms with Gasteiger partial charge in [-0.15, -0.1) is 0 Å². The molecule has 28 heavy (non-hydrogen) atoms. The highest BCUT2D eigenvalue weighted by Crippen LogP contribution is 2.23. The van der Waals surface area contributed by atoms with Gasteiger partial charge in [-0.2, -0.15) is 0 Å². The number of rotatable bonds is 9. The van der Waals surface area contributed by atoms with Crippen LogP contribution < -0.4 is 20.7 Å². The standard InChI is InChI=1S/C20H27N3O5/c1-5-7-8-23-19(25)17(18(24)22-20(23)26)16(6-2)21-12-13-9-14(27-3)11-15(10-13)28-4/h9-11,25H,5-8,12H2,1-4H3,(H,22,24,26). The molecule has 0 bridgehead atoms. The van der Waals surface area contributed by atoms with Crippen LogP contribution in [0.15, 0.2) is 32.8 Å². The molecule has 0 aliphatic heterocycles. The third-order valence-corrected chi connectivity index (χ3v) is 4.39. The van der Waals surface area contributed by atoms with Gasteiger partial charge >= 0.3 is 5.69 Å². The molecular weight excluding hydrogens is 362 g/mol. The fourth-order valence-corrected chi connectivity index (χ4v) is 2.86. The zero-order valence-electron chi connectivity index (χ0n) is 16.7. The van der Waals surface area contributed by atoms with Crippen molar-refractivity contribution in [3.8, 4) is 17.4 Å². The zero-order valence-corrected chi connectivity index (χ0v) is 16.7. The molecule has 0 spiro atoms. The molecule has 1 aromatic heterocycles. The Kier molecular flexibility index (Phi) is 7.43. The Morgan fingerprint density at radius 2 is 1.79 bits per heavy atom. The largest absolute Gasteiger partial charge is 0.497 e. The predicted molar refractivity (Wildman–Crippen MR) is 108 cm³/mol. The molecule has 0 saturated carbocycles. The summed E-state index contributed by atoms with van der Waals surface area (Å²) >= 11 is 0. The number of benzene rings is 1. The van der Waals surface area contributed by atoms with E-state index in [4.69, 9.17) is 9.47 Å². The number of aromatic nitrogens is 2. The molecule has 2 aromatic rings. The number of unbranched alkanes of at least 4 members (excludes halogenated alkanes) is 1. The Morgan fingerprint density at radius 3 is 2.32 bits per heavy atom. The monoisotopic (exact) mass is 389 g/mol. The van der Waals surface area contributed by atoms with Crippen LogP contribution in [-0.2, 0) is 13.1 Å². The molecule has 0 fully saturated rings. The highest BCUT2D eigenvalue weighted by molar-refractivity contribution is 6.01. The van der Waals surface area contributed by atoms with Crippen LogP contribution >= 0.6 is 0 Å². The van der Waals surface area contributed by atoms with Crippen LogP contribution in [0.25, 0.3) is 0 Å². The molecule has 0 unspecified atom stereocenters. The number of hydrogen-bond acceptors (Lipinski definition) is 6. The number of hydrogen-bond donors (Lipinski definition) is 2. The lowest BCUT2D eigenvalue weighted by Gasteiger charge is -2.12. The smallest absolute Gasteiger partial charge is 0.331 e. The van der Waals surface area contributed by atoms with E-state index in [0.29, 0.717) is 36.6 Å². The van der Waals surface area contributed by atoms with Gasteiger partial charge in [0.05, 0.1) is 26.5 Å². The minimum Gasteiger partial charge on any atom is -0.497 e. The topological polar surface area (TPSA) is 106 Å². The van der Waals surface area contributed by atoms with Crippen LogP contribution in [0.3, 0.4) is 0 Å². The Balaban J connectivity index is 2.45. The summed E-state index contributed by atoms with van der Waals surface area (Å²) in [5, 5.41) is 10.6. The maximum absolute atomic E-state index is 12.3. The molecule has 8 nitrogen and oxygen atoms in total. The summed E-state index contributed by atoms with van der Waals surface area (Å²) in [6.45, 7) is 4.42. The van der Waals surface area contributed by atoms with Gasteiger partial charge < -0.3 is 14.6 Å². The minimum absolute atomic E-state index is 0.0352. The number of nitrogens with one attached hydrogen (secondary N) is 1. The molecule has 2 rings (SSSR count). The molecule has 8 heteroatoms. The van der Waals surface area contributed by atoms with E-state index in [2.05, 4.69) is 9.98 Å². The second-order valence-electron chi connectivity index (χ2n) is 6.30. The van der Waals surface area contributed by atoms with Gasteiger partial charge in [0.1, 0.15) is 17.1 Å². The lowest BCUT2D eigenvalue weighted by Crippen LogP contribution is -2.34. The molecule has 152 valence electrons. The van der Waals surface area contributed by atoms with Crippen LogP contribution in [0, 0.1) is 0 Å².